The molecule has 0 radical (unpaired) electrons. The summed E-state index contributed by atoms with van der Waals surface area (Å²) in [5.74, 6) is 0. The van der Waals surface area contributed by atoms with Crippen LogP contribution < -0.4 is 22.5 Å². The fourth-order valence-corrected chi connectivity index (χ4v) is 3.54. The molecule has 0 amide bonds. The van der Waals surface area contributed by atoms with Crippen molar-refractivity contribution in [3.63, 3.8) is 0 Å². The highest BCUT2D eigenvalue weighted by atomic mass is 16.2. The zero-order valence-corrected chi connectivity index (χ0v) is 15.0. The summed E-state index contributed by atoms with van der Waals surface area (Å²) in [4.78, 5) is 56.0. The van der Waals surface area contributed by atoms with Crippen LogP contribution in [-0.4, -0.2) is 19.5 Å². The molecule has 0 bridgehead atoms. The molecule has 1 aromatic carbocycles. The number of H-pyrrole nitrogens is 3. The van der Waals surface area contributed by atoms with Gasteiger partial charge in [0.2, 0.25) is 0 Å². The molecule has 3 rings (SSSR count). The van der Waals surface area contributed by atoms with Crippen molar-refractivity contribution in [1.82, 2.24) is 19.5 Å². The van der Waals surface area contributed by atoms with Crippen LogP contribution >= 0.6 is 0 Å². The van der Waals surface area contributed by atoms with Crippen molar-refractivity contribution in [3.05, 3.63) is 101 Å². The van der Waals surface area contributed by atoms with E-state index in [4.69, 9.17) is 0 Å². The van der Waals surface area contributed by atoms with E-state index in [0.29, 0.717) is 18.5 Å². The van der Waals surface area contributed by atoms with Crippen LogP contribution in [0.4, 0.5) is 0 Å². The molecule has 8 nitrogen and oxygen atoms in total. The molecule has 3 aromatic rings. The Labute approximate surface area is 153 Å². The van der Waals surface area contributed by atoms with Gasteiger partial charge in [0.15, 0.2) is 0 Å². The minimum Gasteiger partial charge on any atom is -0.314 e. The van der Waals surface area contributed by atoms with Crippen molar-refractivity contribution in [2.75, 3.05) is 0 Å². The van der Waals surface area contributed by atoms with Gasteiger partial charge < -0.3 is 9.55 Å². The highest BCUT2D eigenvalue weighted by molar-refractivity contribution is 5.47. The molecule has 1 unspecified atom stereocenters. The average molecular weight is 368 g/mol. The molecule has 0 aliphatic heterocycles. The van der Waals surface area contributed by atoms with Crippen LogP contribution in [-0.2, 0) is 12.0 Å². The van der Waals surface area contributed by atoms with Gasteiger partial charge in [-0.1, -0.05) is 37.3 Å². The van der Waals surface area contributed by atoms with E-state index >= 15 is 0 Å². The third-order valence-corrected chi connectivity index (χ3v) is 4.89. The topological polar surface area (TPSA) is 121 Å². The van der Waals surface area contributed by atoms with Crippen molar-refractivity contribution in [2.24, 2.45) is 0 Å². The molecule has 2 heterocycles. The zero-order valence-electron chi connectivity index (χ0n) is 15.0. The maximum absolute atomic E-state index is 12.8. The van der Waals surface area contributed by atoms with Gasteiger partial charge in [0.1, 0.15) is 0 Å². The van der Waals surface area contributed by atoms with Crippen molar-refractivity contribution in [1.29, 1.82) is 0 Å². The molecule has 140 valence electrons. The van der Waals surface area contributed by atoms with Crippen LogP contribution in [0, 0.1) is 0 Å². The van der Waals surface area contributed by atoms with Crippen LogP contribution in [0.15, 0.2) is 61.9 Å². The van der Waals surface area contributed by atoms with Gasteiger partial charge in [-0.15, -0.1) is 0 Å². The third kappa shape index (κ3) is 2.99. The number of nitrogens with one attached hydrogen (secondary N) is 3. The summed E-state index contributed by atoms with van der Waals surface area (Å²) < 4.78 is 1.38. The molecule has 1 atom stereocenters. The number of aromatic amines is 3. The summed E-state index contributed by atoms with van der Waals surface area (Å²) >= 11 is 0. The van der Waals surface area contributed by atoms with Gasteiger partial charge in [-0.2, -0.15) is 0 Å². The van der Waals surface area contributed by atoms with Crippen molar-refractivity contribution < 1.29 is 0 Å². The summed E-state index contributed by atoms with van der Waals surface area (Å²) in [6.45, 7) is 3.99. The molecule has 27 heavy (non-hydrogen) atoms. The Bertz CT molecular complexity index is 1190. The largest absolute Gasteiger partial charge is 0.328 e. The van der Waals surface area contributed by atoms with Gasteiger partial charge >= 0.3 is 11.4 Å². The number of nitrogens with zero attached hydrogens (tertiary/aromatic N) is 1. The highest BCUT2D eigenvalue weighted by Gasteiger charge is 2.39. The minimum atomic E-state index is -1.14. The van der Waals surface area contributed by atoms with E-state index in [0.717, 1.165) is 0 Å². The number of rotatable bonds is 5. The Morgan fingerprint density at radius 3 is 2.19 bits per heavy atom. The normalized spacial score (nSPS) is 13.3. The first-order valence-electron chi connectivity index (χ1n) is 8.66. The fraction of sp³-hybridized carbons (Fsp3) is 0.263. The monoisotopic (exact) mass is 368 g/mol. The van der Waals surface area contributed by atoms with Crippen LogP contribution in [0.3, 0.4) is 0 Å². The van der Waals surface area contributed by atoms with Gasteiger partial charge in [0, 0.05) is 30.1 Å². The Hall–Kier alpha value is -3.42. The van der Waals surface area contributed by atoms with Crippen LogP contribution in [0.1, 0.15) is 37.0 Å². The molecule has 8 heteroatoms. The van der Waals surface area contributed by atoms with E-state index < -0.39 is 27.9 Å². The van der Waals surface area contributed by atoms with Gasteiger partial charge in [-0.3, -0.25) is 19.6 Å². The lowest BCUT2D eigenvalue weighted by Gasteiger charge is -2.33. The first-order chi connectivity index (χ1) is 12.9. The second-order valence-electron chi connectivity index (χ2n) is 6.20. The second-order valence-corrected chi connectivity index (χ2v) is 6.20. The predicted molar refractivity (Wildman–Crippen MR) is 101 cm³/mol. The van der Waals surface area contributed by atoms with E-state index in [1.807, 2.05) is 37.3 Å². The smallest absolute Gasteiger partial charge is 0.314 e. The van der Waals surface area contributed by atoms with Gasteiger partial charge in [0.05, 0.1) is 5.41 Å². The molecular weight excluding hydrogens is 348 g/mol. The molecule has 0 aliphatic carbocycles. The SMILES string of the molecule is CCn1cc(C(CC)(c2ccccc2)c2c[nH]c(=O)[nH]c2=O)c(=O)[nH]c1=O. The van der Waals surface area contributed by atoms with Crippen molar-refractivity contribution >= 4 is 0 Å². The third-order valence-electron chi connectivity index (χ3n) is 4.89. The highest BCUT2D eigenvalue weighted by Crippen LogP contribution is 2.38. The number of hydrogen-bond donors (Lipinski definition) is 3. The minimum absolute atomic E-state index is 0.225. The zero-order chi connectivity index (χ0) is 19.6. The van der Waals surface area contributed by atoms with E-state index in [9.17, 15) is 19.2 Å². The van der Waals surface area contributed by atoms with Crippen molar-refractivity contribution in [2.45, 2.75) is 32.2 Å². The van der Waals surface area contributed by atoms with E-state index in [2.05, 4.69) is 15.0 Å². The first kappa shape index (κ1) is 18.4. The molecule has 0 aliphatic rings. The molecule has 2 aromatic heterocycles. The predicted octanol–water partition coefficient (Wildman–Crippen LogP) is 0.677. The average Bonchev–Trinajstić information content (AvgIpc) is 2.66. The summed E-state index contributed by atoms with van der Waals surface area (Å²) in [7, 11) is 0. The van der Waals surface area contributed by atoms with Gasteiger partial charge in [-0.25, -0.2) is 9.59 Å². The number of benzene rings is 1. The second kappa shape index (κ2) is 7.06. The van der Waals surface area contributed by atoms with E-state index in [1.54, 1.807) is 6.92 Å². The Kier molecular flexibility index (Phi) is 4.81. The lowest BCUT2D eigenvalue weighted by molar-refractivity contribution is 0.554. The Morgan fingerprint density at radius 1 is 0.926 bits per heavy atom. The Balaban J connectivity index is 2.50. The number of aromatic nitrogens is 4. The van der Waals surface area contributed by atoms with E-state index in [1.165, 1.54) is 17.0 Å². The molecule has 0 spiro atoms. The maximum atomic E-state index is 12.8. The summed E-state index contributed by atoms with van der Waals surface area (Å²) in [5, 5.41) is 0. The first-order valence-corrected chi connectivity index (χ1v) is 8.66. The van der Waals surface area contributed by atoms with Crippen LogP contribution in [0.25, 0.3) is 0 Å². The Morgan fingerprint density at radius 2 is 1.59 bits per heavy atom. The van der Waals surface area contributed by atoms with Crippen molar-refractivity contribution in [3.8, 4) is 0 Å². The summed E-state index contributed by atoms with van der Waals surface area (Å²) in [6.07, 6.45) is 3.18. The molecule has 0 saturated heterocycles. The number of aryl methyl sites for hydroxylation is 1. The number of hydrogen-bond acceptors (Lipinski definition) is 4. The summed E-state index contributed by atoms with van der Waals surface area (Å²) in [5.41, 5.74) is -2.25. The van der Waals surface area contributed by atoms with Gasteiger partial charge in [0.25, 0.3) is 11.1 Å². The molecule has 3 N–H and O–H groups in total. The van der Waals surface area contributed by atoms with E-state index in [-0.39, 0.29) is 11.1 Å². The lowest BCUT2D eigenvalue weighted by atomic mass is 9.69. The molecular formula is C19H20N4O4. The molecule has 0 fully saturated rings. The lowest BCUT2D eigenvalue weighted by Crippen LogP contribution is -2.44. The van der Waals surface area contributed by atoms with Crippen LogP contribution in [0.2, 0.25) is 0 Å². The molecule has 0 saturated carbocycles. The quantitative estimate of drug-likeness (QED) is 0.613. The maximum Gasteiger partial charge on any atom is 0.328 e. The van der Waals surface area contributed by atoms with Gasteiger partial charge in [-0.05, 0) is 18.9 Å². The standard InChI is InChI=1S/C19H20N4O4/c1-3-19(12-8-6-5-7-9-12,13-10-20-17(26)21-15(13)24)14-11-23(4-2)18(27)22-16(14)25/h5-11H,3-4H2,1-2H3,(H,22,25,27)(H2,20,21,24,26). The van der Waals surface area contributed by atoms with Crippen LogP contribution in [0.5, 0.6) is 0 Å². The summed E-state index contributed by atoms with van der Waals surface area (Å²) in [6, 6.07) is 9.08. The fourth-order valence-electron chi connectivity index (χ4n) is 3.54.